The molecule has 0 spiro atoms. The first-order chi connectivity index (χ1) is 17.7. The van der Waals surface area contributed by atoms with E-state index in [1.54, 1.807) is 19.1 Å². The molecular formula is C25H20N2O7S3. The van der Waals surface area contributed by atoms with E-state index in [1.165, 1.54) is 40.9 Å². The number of nitro groups is 1. The molecule has 12 heteroatoms. The second kappa shape index (κ2) is 11.1. The van der Waals surface area contributed by atoms with E-state index in [0.29, 0.717) is 21.3 Å². The van der Waals surface area contributed by atoms with Crippen LogP contribution in [-0.4, -0.2) is 35.1 Å². The molecule has 3 aromatic carbocycles. The zero-order valence-electron chi connectivity index (χ0n) is 19.4. The number of benzene rings is 3. The summed E-state index contributed by atoms with van der Waals surface area (Å²) in [5.74, 6) is -0.289. The Balaban J connectivity index is 1.60. The highest BCUT2D eigenvalue weighted by Gasteiger charge is 2.32. The summed E-state index contributed by atoms with van der Waals surface area (Å²) in [5.41, 5.74) is 0.897. The molecule has 0 aromatic heterocycles. The molecule has 0 aliphatic carbocycles. The number of carbonyl (C=O) groups excluding carboxylic acids is 1. The number of amides is 1. The summed E-state index contributed by atoms with van der Waals surface area (Å²) in [6.45, 7) is 2.26. The van der Waals surface area contributed by atoms with Crippen molar-refractivity contribution in [2.75, 3.05) is 6.61 Å². The SMILES string of the molecule is CCOc1cc(C=C2SC(=S)N(Cc3ccccc3)C2=O)ccc1OS(=O)(=O)c1ccccc1[N+](=O)[O-]. The van der Waals surface area contributed by atoms with E-state index in [4.69, 9.17) is 21.1 Å². The van der Waals surface area contributed by atoms with Crippen LogP contribution in [0.4, 0.5) is 5.69 Å². The molecule has 3 aromatic rings. The minimum atomic E-state index is -4.54. The third-order valence-electron chi connectivity index (χ3n) is 5.15. The van der Waals surface area contributed by atoms with E-state index >= 15 is 0 Å². The average Bonchev–Trinajstić information content (AvgIpc) is 3.13. The highest BCUT2D eigenvalue weighted by Crippen LogP contribution is 2.37. The Kier molecular flexibility index (Phi) is 7.91. The van der Waals surface area contributed by atoms with Gasteiger partial charge in [-0.15, -0.1) is 0 Å². The molecule has 0 unspecified atom stereocenters. The second-order valence-electron chi connectivity index (χ2n) is 7.65. The third kappa shape index (κ3) is 5.98. The first kappa shape index (κ1) is 26.3. The van der Waals surface area contributed by atoms with Crippen LogP contribution in [0.3, 0.4) is 0 Å². The first-order valence-corrected chi connectivity index (χ1v) is 13.6. The van der Waals surface area contributed by atoms with Crippen molar-refractivity contribution in [3.05, 3.63) is 98.9 Å². The molecule has 1 aliphatic rings. The molecule has 1 amide bonds. The fourth-order valence-corrected chi connectivity index (χ4v) is 5.85. The van der Waals surface area contributed by atoms with Crippen LogP contribution >= 0.6 is 24.0 Å². The van der Waals surface area contributed by atoms with Crippen LogP contribution in [-0.2, 0) is 21.5 Å². The van der Waals surface area contributed by atoms with Gasteiger partial charge in [0.05, 0.1) is 23.0 Å². The Morgan fingerprint density at radius 2 is 1.76 bits per heavy atom. The highest BCUT2D eigenvalue weighted by molar-refractivity contribution is 8.26. The van der Waals surface area contributed by atoms with Crippen LogP contribution in [0.15, 0.2) is 82.6 Å². The van der Waals surface area contributed by atoms with Crippen molar-refractivity contribution in [1.82, 2.24) is 4.90 Å². The van der Waals surface area contributed by atoms with Gasteiger partial charge in [0.15, 0.2) is 16.4 Å². The predicted molar refractivity (Wildman–Crippen MR) is 144 cm³/mol. The largest absolute Gasteiger partial charge is 0.490 e. The molecule has 9 nitrogen and oxygen atoms in total. The minimum absolute atomic E-state index is 0.0955. The molecule has 1 fully saturated rings. The van der Waals surface area contributed by atoms with Gasteiger partial charge in [-0.3, -0.25) is 19.8 Å². The van der Waals surface area contributed by atoms with Crippen molar-refractivity contribution in [1.29, 1.82) is 0 Å². The lowest BCUT2D eigenvalue weighted by atomic mass is 10.1. The lowest BCUT2D eigenvalue weighted by molar-refractivity contribution is -0.387. The maximum Gasteiger partial charge on any atom is 0.346 e. The van der Waals surface area contributed by atoms with Gasteiger partial charge in [-0.25, -0.2) is 0 Å². The van der Waals surface area contributed by atoms with Gasteiger partial charge >= 0.3 is 10.1 Å². The van der Waals surface area contributed by atoms with Gasteiger partial charge in [0, 0.05) is 6.07 Å². The normalized spacial score (nSPS) is 14.7. The van der Waals surface area contributed by atoms with Crippen molar-refractivity contribution in [3.63, 3.8) is 0 Å². The number of thioether (sulfide) groups is 1. The van der Waals surface area contributed by atoms with Crippen LogP contribution in [0.1, 0.15) is 18.1 Å². The number of ether oxygens (including phenoxy) is 1. The summed E-state index contributed by atoms with van der Waals surface area (Å²) >= 11 is 6.57. The Morgan fingerprint density at radius 3 is 2.46 bits per heavy atom. The maximum absolute atomic E-state index is 13.0. The first-order valence-electron chi connectivity index (χ1n) is 10.9. The third-order valence-corrected chi connectivity index (χ3v) is 7.81. The van der Waals surface area contributed by atoms with Gasteiger partial charge in [-0.05, 0) is 42.3 Å². The lowest BCUT2D eigenvalue weighted by Crippen LogP contribution is -2.27. The van der Waals surface area contributed by atoms with Crippen molar-refractivity contribution in [2.24, 2.45) is 0 Å². The summed E-state index contributed by atoms with van der Waals surface area (Å²) in [5, 5.41) is 11.3. The molecule has 4 rings (SSSR count). The maximum atomic E-state index is 13.0. The Bertz CT molecular complexity index is 1510. The highest BCUT2D eigenvalue weighted by atomic mass is 32.2. The molecule has 0 saturated carbocycles. The van der Waals surface area contributed by atoms with E-state index in [2.05, 4.69) is 0 Å². The fourth-order valence-electron chi connectivity index (χ4n) is 3.49. The molecule has 0 radical (unpaired) electrons. The number of nitrogens with zero attached hydrogens (tertiary/aromatic N) is 2. The molecule has 1 saturated heterocycles. The molecule has 1 aliphatic heterocycles. The second-order valence-corrected chi connectivity index (χ2v) is 10.8. The number of rotatable bonds is 9. The Hall–Kier alpha value is -3.74. The van der Waals surface area contributed by atoms with Crippen LogP contribution in [0.2, 0.25) is 0 Å². The predicted octanol–water partition coefficient (Wildman–Crippen LogP) is 5.16. The average molecular weight is 557 g/mol. The standard InChI is InChI=1S/C25H20N2O7S3/c1-2-33-21-14-18(15-22-24(28)26(25(35)36-22)16-17-8-4-3-5-9-17)12-13-20(21)34-37(31,32)23-11-7-6-10-19(23)27(29)30/h3-15H,2,16H2,1H3. The molecule has 190 valence electrons. The smallest absolute Gasteiger partial charge is 0.346 e. The zero-order chi connectivity index (χ0) is 26.6. The van der Waals surface area contributed by atoms with Crippen LogP contribution in [0.5, 0.6) is 11.5 Å². The summed E-state index contributed by atoms with van der Waals surface area (Å²) in [4.78, 5) is 24.8. The lowest BCUT2D eigenvalue weighted by Gasteiger charge is -2.14. The van der Waals surface area contributed by atoms with Gasteiger partial charge in [0.1, 0.15) is 4.32 Å². The quantitative estimate of drug-likeness (QED) is 0.116. The van der Waals surface area contributed by atoms with Gasteiger partial charge in [0.2, 0.25) is 0 Å². The van der Waals surface area contributed by atoms with Crippen molar-refractivity contribution < 1.29 is 27.1 Å². The monoisotopic (exact) mass is 556 g/mol. The zero-order valence-corrected chi connectivity index (χ0v) is 21.8. The molecule has 1 heterocycles. The summed E-state index contributed by atoms with van der Waals surface area (Å²) in [7, 11) is -4.54. The summed E-state index contributed by atoms with van der Waals surface area (Å²) in [6, 6.07) is 18.8. The van der Waals surface area contributed by atoms with Crippen LogP contribution < -0.4 is 8.92 Å². The van der Waals surface area contributed by atoms with E-state index in [0.717, 1.165) is 17.7 Å². The van der Waals surface area contributed by atoms with E-state index in [1.807, 2.05) is 30.3 Å². The van der Waals surface area contributed by atoms with Crippen molar-refractivity contribution in [2.45, 2.75) is 18.4 Å². The van der Waals surface area contributed by atoms with E-state index in [-0.39, 0.29) is 24.0 Å². The fraction of sp³-hybridized carbons (Fsp3) is 0.120. The van der Waals surface area contributed by atoms with Crippen LogP contribution in [0, 0.1) is 10.1 Å². The molecule has 0 atom stereocenters. The van der Waals surface area contributed by atoms with Crippen molar-refractivity contribution >= 4 is 56.1 Å². The van der Waals surface area contributed by atoms with Gasteiger partial charge in [0.25, 0.3) is 11.6 Å². The number of hydrogen-bond donors (Lipinski definition) is 0. The van der Waals surface area contributed by atoms with Gasteiger partial charge in [-0.2, -0.15) is 8.42 Å². The van der Waals surface area contributed by atoms with E-state index < -0.39 is 25.6 Å². The van der Waals surface area contributed by atoms with E-state index in [9.17, 15) is 23.3 Å². The molecule has 37 heavy (non-hydrogen) atoms. The van der Waals surface area contributed by atoms with Gasteiger partial charge in [-0.1, -0.05) is 72.5 Å². The topological polar surface area (TPSA) is 116 Å². The number of thiocarbonyl (C=S) groups is 1. The van der Waals surface area contributed by atoms with Crippen LogP contribution in [0.25, 0.3) is 6.08 Å². The number of carbonyl (C=O) groups is 1. The number of nitro benzene ring substituents is 1. The van der Waals surface area contributed by atoms with Gasteiger partial charge < -0.3 is 8.92 Å². The van der Waals surface area contributed by atoms with Crippen molar-refractivity contribution in [3.8, 4) is 11.5 Å². The summed E-state index contributed by atoms with van der Waals surface area (Å²) < 4.78 is 36.9. The number of hydrogen-bond acceptors (Lipinski definition) is 9. The Morgan fingerprint density at radius 1 is 1.05 bits per heavy atom. The summed E-state index contributed by atoms with van der Waals surface area (Å²) in [6.07, 6.45) is 1.63. The molecule has 0 N–H and O–H groups in total. The minimum Gasteiger partial charge on any atom is -0.490 e. The Labute approximate surface area is 223 Å². The molecular weight excluding hydrogens is 536 g/mol. The number of para-hydroxylation sites is 1. The molecule has 0 bridgehead atoms.